The minimum Gasteiger partial charge on any atom is -0.329 e. The van der Waals surface area contributed by atoms with Gasteiger partial charge < -0.3 is 10.2 Å². The van der Waals surface area contributed by atoms with Crippen LogP contribution in [0.5, 0.6) is 0 Å². The van der Waals surface area contributed by atoms with Gasteiger partial charge in [-0.3, -0.25) is 4.79 Å². The van der Waals surface area contributed by atoms with Crippen LogP contribution in [-0.4, -0.2) is 51.1 Å². The van der Waals surface area contributed by atoms with Crippen molar-refractivity contribution in [1.29, 1.82) is 0 Å². The summed E-state index contributed by atoms with van der Waals surface area (Å²) in [5.74, 6) is 0.337. The van der Waals surface area contributed by atoms with E-state index in [9.17, 15) is 9.59 Å². The number of carbonyl (C=O) groups is 2. The molecule has 2 amide bonds. The van der Waals surface area contributed by atoms with Crippen molar-refractivity contribution in [2.45, 2.75) is 13.3 Å². The van der Waals surface area contributed by atoms with E-state index in [0.717, 1.165) is 11.3 Å². The molecule has 0 bridgehead atoms. The van der Waals surface area contributed by atoms with Crippen molar-refractivity contribution in [2.75, 3.05) is 19.4 Å². The van der Waals surface area contributed by atoms with Crippen molar-refractivity contribution < 1.29 is 9.59 Å². The second-order valence-corrected chi connectivity index (χ2v) is 4.74. The highest BCUT2D eigenvalue weighted by Gasteiger charge is 2.15. The lowest BCUT2D eigenvalue weighted by Crippen LogP contribution is -2.29. The maximum absolute atomic E-state index is 11.9. The molecule has 0 saturated carbocycles. The molecule has 0 unspecified atom stereocenters. The molecule has 8 nitrogen and oxygen atoms in total. The molecule has 0 radical (unpaired) electrons. The molecule has 0 saturated heterocycles. The zero-order valence-electron chi connectivity index (χ0n) is 12.1. The van der Waals surface area contributed by atoms with Crippen molar-refractivity contribution in [3.8, 4) is 0 Å². The summed E-state index contributed by atoms with van der Waals surface area (Å²) in [7, 11) is 3.27. The normalized spacial score (nSPS) is 10.2. The molecule has 0 spiro atoms. The van der Waals surface area contributed by atoms with E-state index in [1.54, 1.807) is 26.2 Å². The Kier molecular flexibility index (Phi) is 4.27. The van der Waals surface area contributed by atoms with E-state index in [0.29, 0.717) is 12.2 Å². The van der Waals surface area contributed by atoms with E-state index in [1.807, 2.05) is 12.1 Å². The minimum absolute atomic E-state index is 0.122. The first-order chi connectivity index (χ1) is 9.97. The van der Waals surface area contributed by atoms with Gasteiger partial charge in [-0.15, -0.1) is 9.78 Å². The molecule has 1 N–H and O–H groups in total. The van der Waals surface area contributed by atoms with Crippen LogP contribution in [-0.2, 0) is 11.2 Å². The Morgan fingerprint density at radius 1 is 1.24 bits per heavy atom. The van der Waals surface area contributed by atoms with Gasteiger partial charge in [-0.25, -0.2) is 4.79 Å². The Bertz CT molecular complexity index is 647. The average Bonchev–Trinajstić information content (AvgIpc) is 2.87. The highest BCUT2D eigenvalue weighted by Crippen LogP contribution is 2.12. The van der Waals surface area contributed by atoms with E-state index in [2.05, 4.69) is 20.8 Å². The molecule has 0 aliphatic carbocycles. The number of carbonyl (C=O) groups excluding carboxylic acids is 2. The largest absolute Gasteiger partial charge is 0.347 e. The molecule has 21 heavy (non-hydrogen) atoms. The number of rotatable bonds is 3. The molecule has 2 rings (SSSR count). The van der Waals surface area contributed by atoms with E-state index < -0.39 is 0 Å². The zero-order valence-corrected chi connectivity index (χ0v) is 12.1. The third-order valence-electron chi connectivity index (χ3n) is 2.73. The fourth-order valence-corrected chi connectivity index (χ4v) is 1.75. The molecule has 0 fully saturated rings. The van der Waals surface area contributed by atoms with Gasteiger partial charge in [0.2, 0.25) is 5.91 Å². The van der Waals surface area contributed by atoms with Crippen LogP contribution >= 0.6 is 0 Å². The van der Waals surface area contributed by atoms with Gasteiger partial charge in [0.05, 0.1) is 0 Å². The number of anilines is 1. The summed E-state index contributed by atoms with van der Waals surface area (Å²) in [5, 5.41) is 13.8. The summed E-state index contributed by atoms with van der Waals surface area (Å²) in [5.41, 5.74) is 1.65. The maximum atomic E-state index is 11.9. The van der Waals surface area contributed by atoms with Crippen molar-refractivity contribution in [2.24, 2.45) is 0 Å². The van der Waals surface area contributed by atoms with Gasteiger partial charge in [0.25, 0.3) is 0 Å². The summed E-state index contributed by atoms with van der Waals surface area (Å²) >= 11 is 0. The van der Waals surface area contributed by atoms with Crippen LogP contribution in [0.2, 0.25) is 0 Å². The van der Waals surface area contributed by atoms with E-state index in [-0.39, 0.29) is 11.9 Å². The predicted molar refractivity (Wildman–Crippen MR) is 75.8 cm³/mol. The fraction of sp³-hybridized carbons (Fsp3) is 0.308. The molecule has 1 aromatic carbocycles. The molecule has 1 aromatic heterocycles. The van der Waals surface area contributed by atoms with E-state index >= 15 is 0 Å². The lowest BCUT2D eigenvalue weighted by atomic mass is 10.1. The number of benzene rings is 1. The molecule has 110 valence electrons. The van der Waals surface area contributed by atoms with Gasteiger partial charge in [0, 0.05) is 33.1 Å². The first-order valence-electron chi connectivity index (χ1n) is 6.33. The first-order valence-corrected chi connectivity index (χ1v) is 6.33. The molecule has 0 aliphatic rings. The Morgan fingerprint density at radius 3 is 2.48 bits per heavy atom. The third-order valence-corrected chi connectivity index (χ3v) is 2.73. The Morgan fingerprint density at radius 2 is 1.90 bits per heavy atom. The van der Waals surface area contributed by atoms with Crippen LogP contribution in [0, 0.1) is 0 Å². The number of hydrogen-bond donors (Lipinski definition) is 1. The Labute approximate surface area is 121 Å². The molecule has 2 aromatic rings. The summed E-state index contributed by atoms with van der Waals surface area (Å²) in [6.07, 6.45) is 0.424. The van der Waals surface area contributed by atoms with Gasteiger partial charge in [0.1, 0.15) is 0 Å². The zero-order chi connectivity index (χ0) is 15.4. The van der Waals surface area contributed by atoms with Crippen molar-refractivity contribution in [1.82, 2.24) is 25.1 Å². The van der Waals surface area contributed by atoms with Gasteiger partial charge in [-0.05, 0) is 28.1 Å². The number of amides is 2. The van der Waals surface area contributed by atoms with E-state index in [1.165, 1.54) is 16.5 Å². The minimum atomic E-state index is -0.301. The summed E-state index contributed by atoms with van der Waals surface area (Å²) in [6.45, 7) is 1.45. The van der Waals surface area contributed by atoms with Crippen LogP contribution < -0.4 is 5.32 Å². The lowest BCUT2D eigenvalue weighted by Gasteiger charge is -2.10. The standard InChI is InChI=1S/C13H16N6O2/c1-9(20)14-11-6-4-10(5-7-11)8-12-15-16-17-19(12)13(21)18(2)3/h4-7H,8H2,1-3H3,(H,14,20). The first kappa shape index (κ1) is 14.6. The third kappa shape index (κ3) is 3.62. The van der Waals surface area contributed by atoms with Crippen LogP contribution in [0.15, 0.2) is 24.3 Å². The van der Waals surface area contributed by atoms with Crippen LogP contribution in [0.25, 0.3) is 0 Å². The quantitative estimate of drug-likeness (QED) is 0.841. The van der Waals surface area contributed by atoms with E-state index in [4.69, 9.17) is 0 Å². The van der Waals surface area contributed by atoms with Crippen LogP contribution in [0.3, 0.4) is 0 Å². The highest BCUT2D eigenvalue weighted by molar-refractivity contribution is 5.88. The Hall–Kier alpha value is -2.77. The van der Waals surface area contributed by atoms with Gasteiger partial charge in [-0.1, -0.05) is 12.1 Å². The SMILES string of the molecule is CC(=O)Nc1ccc(Cc2nnnn2C(=O)N(C)C)cc1. The summed E-state index contributed by atoms with van der Waals surface area (Å²) in [6, 6.07) is 6.98. The van der Waals surface area contributed by atoms with Crippen molar-refractivity contribution in [3.63, 3.8) is 0 Å². The number of tetrazole rings is 1. The number of nitrogens with zero attached hydrogens (tertiary/aromatic N) is 5. The van der Waals surface area contributed by atoms with Gasteiger partial charge in [0.15, 0.2) is 5.82 Å². The van der Waals surface area contributed by atoms with Crippen molar-refractivity contribution in [3.05, 3.63) is 35.7 Å². The van der Waals surface area contributed by atoms with Crippen LogP contribution in [0.4, 0.5) is 10.5 Å². The maximum Gasteiger partial charge on any atom is 0.347 e. The summed E-state index contributed by atoms with van der Waals surface area (Å²) < 4.78 is 1.17. The molecular weight excluding hydrogens is 272 g/mol. The molecule has 0 atom stereocenters. The fourth-order valence-electron chi connectivity index (χ4n) is 1.75. The summed E-state index contributed by atoms with van der Waals surface area (Å²) in [4.78, 5) is 24.2. The van der Waals surface area contributed by atoms with Gasteiger partial charge >= 0.3 is 6.03 Å². The lowest BCUT2D eigenvalue weighted by molar-refractivity contribution is -0.114. The highest BCUT2D eigenvalue weighted by atomic mass is 16.2. The monoisotopic (exact) mass is 288 g/mol. The second kappa shape index (κ2) is 6.12. The molecule has 1 heterocycles. The molecular formula is C13H16N6O2. The van der Waals surface area contributed by atoms with Crippen molar-refractivity contribution >= 4 is 17.6 Å². The Balaban J connectivity index is 2.14. The predicted octanol–water partition coefficient (Wildman–Crippen LogP) is 0.752. The number of nitrogens with one attached hydrogen (secondary N) is 1. The smallest absolute Gasteiger partial charge is 0.329 e. The molecule has 8 heteroatoms. The van der Waals surface area contributed by atoms with Gasteiger partial charge in [-0.2, -0.15) is 0 Å². The number of aromatic nitrogens is 4. The topological polar surface area (TPSA) is 93.0 Å². The number of hydrogen-bond acceptors (Lipinski definition) is 5. The second-order valence-electron chi connectivity index (χ2n) is 4.74. The average molecular weight is 288 g/mol. The van der Waals surface area contributed by atoms with Crippen LogP contribution in [0.1, 0.15) is 18.3 Å². The molecule has 0 aliphatic heterocycles.